The summed E-state index contributed by atoms with van der Waals surface area (Å²) in [5, 5.41) is 34.4. The van der Waals surface area contributed by atoms with E-state index in [0.717, 1.165) is 64.0 Å². The van der Waals surface area contributed by atoms with E-state index in [0.29, 0.717) is 5.75 Å². The summed E-state index contributed by atoms with van der Waals surface area (Å²) in [6.07, 6.45) is 3.13. The van der Waals surface area contributed by atoms with E-state index < -0.39 is 34.7 Å². The lowest BCUT2D eigenvalue weighted by atomic mass is 9.93. The molecule has 41 heavy (non-hydrogen) atoms. The molecule has 8 heteroatoms. The van der Waals surface area contributed by atoms with Crippen molar-refractivity contribution in [3.8, 4) is 0 Å². The van der Waals surface area contributed by atoms with E-state index in [1.54, 1.807) is 0 Å². The highest BCUT2D eigenvalue weighted by Gasteiger charge is 2.40. The molecule has 4 rings (SSSR count). The second-order valence-electron chi connectivity index (χ2n) is 12.7. The SMILES string of the molecule is Cc1ccc([C@H]2[C@H](O)[C@H](O)[C@H](O)C[SH]2C)cc1Cc1ccc(CCCCNC(C)(C)C(=O)N2CCN(C)CC2)cc1. The van der Waals surface area contributed by atoms with Crippen LogP contribution < -0.4 is 5.32 Å². The van der Waals surface area contributed by atoms with Crippen LogP contribution in [0.1, 0.15) is 59.8 Å². The number of thiol groups is 1. The number of aliphatic hydroxyl groups excluding tert-OH is 3. The number of rotatable bonds is 10. The molecule has 1 unspecified atom stereocenters. The summed E-state index contributed by atoms with van der Waals surface area (Å²) in [4.78, 5) is 17.2. The van der Waals surface area contributed by atoms with Crippen LogP contribution in [0.2, 0.25) is 0 Å². The van der Waals surface area contributed by atoms with Gasteiger partial charge in [-0.2, -0.15) is 0 Å². The maximum Gasteiger partial charge on any atom is 0.242 e. The van der Waals surface area contributed by atoms with Crippen molar-refractivity contribution in [1.29, 1.82) is 0 Å². The maximum atomic E-state index is 13.0. The van der Waals surface area contributed by atoms with Crippen molar-refractivity contribution in [2.24, 2.45) is 0 Å². The summed E-state index contributed by atoms with van der Waals surface area (Å²) in [6, 6.07) is 15.2. The zero-order valence-corrected chi connectivity index (χ0v) is 26.4. The highest BCUT2D eigenvalue weighted by Crippen LogP contribution is 2.48. The molecule has 2 aromatic rings. The molecule has 2 fully saturated rings. The summed E-state index contributed by atoms with van der Waals surface area (Å²) in [6.45, 7) is 10.4. The standard InChI is InChI=1S/C33H51N3O4S/c1-23-9-14-26(31-30(39)29(38)28(37)22-41(31)5)21-27(23)20-25-12-10-24(11-13-25)8-6-7-15-34-33(2,3)32(40)36-18-16-35(4)17-19-36/h9-14,21,28-31,34,37-39,41H,6-8,15-20,22H2,1-5H3/t28-,29-,30-,31+/m1/s1. The van der Waals surface area contributed by atoms with Crippen LogP contribution in [-0.4, -0.2) is 107 Å². The summed E-state index contributed by atoms with van der Waals surface area (Å²) in [7, 11) is 1.47. The predicted octanol–water partition coefficient (Wildman–Crippen LogP) is 2.82. The fourth-order valence-electron chi connectivity index (χ4n) is 6.09. The van der Waals surface area contributed by atoms with Gasteiger partial charge in [-0.15, -0.1) is 0 Å². The van der Waals surface area contributed by atoms with Gasteiger partial charge in [0, 0.05) is 37.2 Å². The Bertz CT molecular complexity index is 1150. The molecule has 2 aliphatic heterocycles. The molecule has 0 bridgehead atoms. The van der Waals surface area contributed by atoms with Crippen molar-refractivity contribution in [1.82, 2.24) is 15.1 Å². The molecule has 7 nitrogen and oxygen atoms in total. The van der Waals surface area contributed by atoms with E-state index in [1.807, 2.05) is 18.7 Å². The van der Waals surface area contributed by atoms with Gasteiger partial charge in [-0.1, -0.05) is 42.5 Å². The first-order valence-corrected chi connectivity index (χ1v) is 17.1. The van der Waals surface area contributed by atoms with Gasteiger partial charge in [-0.25, -0.2) is 10.9 Å². The highest BCUT2D eigenvalue weighted by atomic mass is 32.2. The van der Waals surface area contributed by atoms with Crippen molar-refractivity contribution >= 4 is 16.8 Å². The van der Waals surface area contributed by atoms with Crippen LogP contribution in [0.3, 0.4) is 0 Å². The summed E-state index contributed by atoms with van der Waals surface area (Å²) >= 11 is 0. The third-order valence-corrected chi connectivity index (χ3v) is 11.4. The molecular weight excluding hydrogens is 534 g/mol. The van der Waals surface area contributed by atoms with Crippen molar-refractivity contribution in [2.45, 2.75) is 75.6 Å². The lowest BCUT2D eigenvalue weighted by molar-refractivity contribution is -0.138. The summed E-state index contributed by atoms with van der Waals surface area (Å²) < 4.78 is 0. The van der Waals surface area contributed by atoms with Gasteiger partial charge in [0.2, 0.25) is 5.91 Å². The van der Waals surface area contributed by atoms with Gasteiger partial charge in [0.15, 0.2) is 0 Å². The van der Waals surface area contributed by atoms with Crippen LogP contribution in [0.25, 0.3) is 0 Å². The summed E-state index contributed by atoms with van der Waals surface area (Å²) in [5.41, 5.74) is 5.52. The minimum Gasteiger partial charge on any atom is -0.390 e. The topological polar surface area (TPSA) is 96.3 Å². The third kappa shape index (κ3) is 8.12. The Morgan fingerprint density at radius 3 is 2.32 bits per heavy atom. The molecule has 2 aliphatic rings. The Hall–Kier alpha value is -1.94. The highest BCUT2D eigenvalue weighted by molar-refractivity contribution is 8.16. The van der Waals surface area contributed by atoms with Crippen LogP contribution in [0, 0.1) is 6.92 Å². The third-order valence-electron chi connectivity index (χ3n) is 8.93. The number of likely N-dealkylation sites (N-methyl/N-ethyl adjacent to an activating group) is 1. The number of unbranched alkanes of at least 4 members (excludes halogenated alkanes) is 1. The van der Waals surface area contributed by atoms with Crippen molar-refractivity contribution in [3.63, 3.8) is 0 Å². The fourth-order valence-corrected chi connectivity index (χ4v) is 8.49. The number of carbonyl (C=O) groups is 1. The molecule has 0 aliphatic carbocycles. The van der Waals surface area contributed by atoms with Gasteiger partial charge in [0.25, 0.3) is 0 Å². The van der Waals surface area contributed by atoms with Crippen LogP contribution in [0.4, 0.5) is 0 Å². The van der Waals surface area contributed by atoms with Crippen LogP contribution in [-0.2, 0) is 17.6 Å². The Labute approximate surface area is 249 Å². The molecule has 0 saturated carbocycles. The number of hydrogen-bond donors (Lipinski definition) is 5. The van der Waals surface area contributed by atoms with Gasteiger partial charge in [-0.3, -0.25) is 4.79 Å². The molecule has 2 heterocycles. The lowest BCUT2D eigenvalue weighted by Crippen LogP contribution is -2.58. The molecule has 1 amide bonds. The monoisotopic (exact) mass is 585 g/mol. The maximum absolute atomic E-state index is 13.0. The van der Waals surface area contributed by atoms with Crippen LogP contribution in [0.15, 0.2) is 42.5 Å². The molecule has 2 saturated heterocycles. The Balaban J connectivity index is 1.25. The van der Waals surface area contributed by atoms with E-state index in [1.165, 1.54) is 22.3 Å². The number of benzene rings is 2. The predicted molar refractivity (Wildman–Crippen MR) is 170 cm³/mol. The molecule has 4 N–H and O–H groups in total. The Morgan fingerprint density at radius 2 is 1.63 bits per heavy atom. The van der Waals surface area contributed by atoms with Gasteiger partial charge in [-0.05, 0) is 94.1 Å². The van der Waals surface area contributed by atoms with Gasteiger partial charge < -0.3 is 30.4 Å². The molecule has 0 aromatic heterocycles. The lowest BCUT2D eigenvalue weighted by Gasteiger charge is -2.42. The first kappa shape index (κ1) is 32.0. The molecule has 0 spiro atoms. The Morgan fingerprint density at radius 1 is 0.976 bits per heavy atom. The number of nitrogens with zero attached hydrogens (tertiary/aromatic N) is 2. The van der Waals surface area contributed by atoms with Gasteiger partial charge in [0.05, 0.1) is 17.7 Å². The van der Waals surface area contributed by atoms with E-state index >= 15 is 0 Å². The van der Waals surface area contributed by atoms with E-state index in [-0.39, 0.29) is 11.2 Å². The van der Waals surface area contributed by atoms with E-state index in [9.17, 15) is 20.1 Å². The largest absolute Gasteiger partial charge is 0.390 e. The van der Waals surface area contributed by atoms with E-state index in [2.05, 4.69) is 72.9 Å². The van der Waals surface area contributed by atoms with Gasteiger partial charge >= 0.3 is 0 Å². The number of carbonyl (C=O) groups excluding carboxylic acids is 1. The number of hydrogen-bond acceptors (Lipinski definition) is 6. The first-order chi connectivity index (χ1) is 19.5. The number of amides is 1. The van der Waals surface area contributed by atoms with E-state index in [4.69, 9.17) is 0 Å². The molecule has 0 radical (unpaired) electrons. The number of aryl methyl sites for hydroxylation is 2. The minimum atomic E-state index is -1.09. The number of aliphatic hydroxyl groups is 3. The van der Waals surface area contributed by atoms with Crippen LogP contribution >= 0.6 is 10.9 Å². The second-order valence-corrected chi connectivity index (χ2v) is 15.2. The average molecular weight is 586 g/mol. The number of nitrogens with one attached hydrogen (secondary N) is 1. The quantitative estimate of drug-likeness (QED) is 0.218. The minimum absolute atomic E-state index is 0.130. The van der Waals surface area contributed by atoms with Gasteiger partial charge in [0.1, 0.15) is 6.10 Å². The Kier molecular flexibility index (Phi) is 10.9. The molecular formula is C33H51N3O4S. The fraction of sp³-hybridized carbons (Fsp3) is 0.606. The second kappa shape index (κ2) is 14.0. The zero-order valence-electron chi connectivity index (χ0n) is 25.5. The average Bonchev–Trinajstić information content (AvgIpc) is 2.94. The van der Waals surface area contributed by atoms with Crippen molar-refractivity contribution < 1.29 is 20.1 Å². The normalized spacial score (nSPS) is 26.7. The smallest absolute Gasteiger partial charge is 0.242 e. The van der Waals surface area contributed by atoms with Crippen molar-refractivity contribution in [3.05, 3.63) is 70.3 Å². The molecule has 5 atom stereocenters. The number of piperazine rings is 1. The summed E-state index contributed by atoms with van der Waals surface area (Å²) in [5.74, 6) is 0.745. The van der Waals surface area contributed by atoms with Crippen LogP contribution in [0.5, 0.6) is 0 Å². The van der Waals surface area contributed by atoms with Crippen molar-refractivity contribution in [2.75, 3.05) is 51.8 Å². The first-order valence-electron chi connectivity index (χ1n) is 15.1. The zero-order chi connectivity index (χ0) is 29.7. The molecule has 2 aromatic carbocycles. The molecule has 228 valence electrons.